The molecule has 0 saturated heterocycles. The van der Waals surface area contributed by atoms with Gasteiger partial charge in [-0.15, -0.1) is 10.2 Å². The number of carbonyl (C=O) groups is 1. The first-order valence-electron chi connectivity index (χ1n) is 9.29. The zero-order chi connectivity index (χ0) is 20.8. The Labute approximate surface area is 179 Å². The topological polar surface area (TPSA) is 80.0 Å². The summed E-state index contributed by atoms with van der Waals surface area (Å²) in [5, 5.41) is 22.6. The molecule has 2 N–H and O–H groups in total. The smallest absolute Gasteiger partial charge is 0.234 e. The highest BCUT2D eigenvalue weighted by atomic mass is 35.5. The van der Waals surface area contributed by atoms with Gasteiger partial charge in [-0.2, -0.15) is 0 Å². The Bertz CT molecular complexity index is 973. The maximum Gasteiger partial charge on any atom is 0.234 e. The molecule has 1 heterocycles. The van der Waals surface area contributed by atoms with Gasteiger partial charge in [0.2, 0.25) is 5.91 Å². The van der Waals surface area contributed by atoms with Gasteiger partial charge in [0.15, 0.2) is 5.16 Å². The van der Waals surface area contributed by atoms with Crippen molar-refractivity contribution in [3.05, 3.63) is 64.9 Å². The summed E-state index contributed by atoms with van der Waals surface area (Å²) in [7, 11) is 0. The third-order valence-electron chi connectivity index (χ3n) is 4.13. The Kier molecular flexibility index (Phi) is 7.17. The van der Waals surface area contributed by atoms with Crippen molar-refractivity contribution in [2.75, 3.05) is 11.1 Å². The molecule has 0 radical (unpaired) electrons. The minimum atomic E-state index is -0.213. The van der Waals surface area contributed by atoms with E-state index in [-0.39, 0.29) is 17.4 Å². The summed E-state index contributed by atoms with van der Waals surface area (Å²) in [4.78, 5) is 12.3. The maximum absolute atomic E-state index is 12.3. The number of aromatic hydroxyl groups is 1. The predicted octanol–water partition coefficient (Wildman–Crippen LogP) is 4.61. The van der Waals surface area contributed by atoms with E-state index in [0.717, 1.165) is 17.9 Å². The van der Waals surface area contributed by atoms with E-state index >= 15 is 0 Å². The summed E-state index contributed by atoms with van der Waals surface area (Å²) >= 11 is 7.30. The molecule has 29 heavy (non-hydrogen) atoms. The Hall–Kier alpha value is -2.51. The molecule has 8 heteroatoms. The van der Waals surface area contributed by atoms with Crippen LogP contribution in [0.4, 0.5) is 5.69 Å². The summed E-state index contributed by atoms with van der Waals surface area (Å²) in [5.41, 5.74) is 1.49. The van der Waals surface area contributed by atoms with Gasteiger partial charge in [-0.1, -0.05) is 61.5 Å². The number of hydrogen-bond acceptors (Lipinski definition) is 5. The lowest BCUT2D eigenvalue weighted by Crippen LogP contribution is -2.15. The number of phenols is 1. The monoisotopic (exact) mass is 430 g/mol. The van der Waals surface area contributed by atoms with Gasteiger partial charge in [0.25, 0.3) is 0 Å². The summed E-state index contributed by atoms with van der Waals surface area (Å²) < 4.78 is 2.07. The van der Waals surface area contributed by atoms with Crippen molar-refractivity contribution in [2.24, 2.45) is 5.92 Å². The van der Waals surface area contributed by atoms with Crippen LogP contribution in [0.2, 0.25) is 5.02 Å². The Morgan fingerprint density at radius 1 is 1.17 bits per heavy atom. The number of amides is 1. The molecule has 2 aromatic carbocycles. The number of phenolic OH excluding ortho intramolecular Hbond substituents is 1. The van der Waals surface area contributed by atoms with Crippen molar-refractivity contribution in [1.29, 1.82) is 0 Å². The number of aromatic nitrogens is 3. The summed E-state index contributed by atoms with van der Waals surface area (Å²) in [5.74, 6) is 1.26. The van der Waals surface area contributed by atoms with Crippen LogP contribution in [-0.2, 0) is 17.8 Å². The molecule has 0 fully saturated rings. The lowest BCUT2D eigenvalue weighted by atomic mass is 10.1. The molecule has 0 aliphatic carbocycles. The zero-order valence-electron chi connectivity index (χ0n) is 16.3. The molecule has 0 saturated carbocycles. The van der Waals surface area contributed by atoms with Crippen molar-refractivity contribution in [3.63, 3.8) is 0 Å². The summed E-state index contributed by atoms with van der Waals surface area (Å²) in [6.45, 7) is 5.02. The fourth-order valence-corrected chi connectivity index (χ4v) is 3.68. The zero-order valence-corrected chi connectivity index (χ0v) is 17.9. The molecule has 0 aliphatic heterocycles. The fraction of sp³-hybridized carbons (Fsp3) is 0.286. The quantitative estimate of drug-likeness (QED) is 0.402. The number of halogens is 1. The van der Waals surface area contributed by atoms with Crippen molar-refractivity contribution < 1.29 is 9.90 Å². The number of carbonyl (C=O) groups excluding carboxylic acids is 1. The van der Waals surface area contributed by atoms with Crippen molar-refractivity contribution in [3.8, 4) is 5.75 Å². The number of thioether (sulfide) groups is 1. The molecule has 3 rings (SSSR count). The standard InChI is InChI=1S/C21H23ClN4O2S/c1-14(2)12-26-19(11-15-7-9-16(22)10-8-15)24-25-21(26)29-13-20(28)23-17-5-3-4-6-18(17)27/h3-10,14,27H,11-13H2,1-2H3,(H,23,28). The van der Waals surface area contributed by atoms with Gasteiger partial charge in [0.1, 0.15) is 11.6 Å². The Balaban J connectivity index is 1.69. The van der Waals surface area contributed by atoms with Gasteiger partial charge in [0, 0.05) is 18.0 Å². The summed E-state index contributed by atoms with van der Waals surface area (Å²) in [6, 6.07) is 14.3. The lowest BCUT2D eigenvalue weighted by Gasteiger charge is -2.13. The first-order valence-corrected chi connectivity index (χ1v) is 10.7. The van der Waals surface area contributed by atoms with E-state index in [0.29, 0.717) is 28.2 Å². The second kappa shape index (κ2) is 9.80. The highest BCUT2D eigenvalue weighted by Crippen LogP contribution is 2.24. The highest BCUT2D eigenvalue weighted by Gasteiger charge is 2.16. The van der Waals surface area contributed by atoms with E-state index in [1.165, 1.54) is 17.8 Å². The molecule has 1 amide bonds. The van der Waals surface area contributed by atoms with Gasteiger partial charge in [0.05, 0.1) is 11.4 Å². The molecule has 0 atom stereocenters. The first-order chi connectivity index (χ1) is 13.9. The van der Waals surface area contributed by atoms with Crippen LogP contribution in [0, 0.1) is 5.92 Å². The lowest BCUT2D eigenvalue weighted by molar-refractivity contribution is -0.113. The van der Waals surface area contributed by atoms with Crippen LogP contribution >= 0.6 is 23.4 Å². The number of nitrogens with zero attached hydrogens (tertiary/aromatic N) is 3. The van der Waals surface area contributed by atoms with Crippen molar-refractivity contribution >= 4 is 35.0 Å². The van der Waals surface area contributed by atoms with Gasteiger partial charge < -0.3 is 15.0 Å². The van der Waals surface area contributed by atoms with E-state index < -0.39 is 0 Å². The molecular formula is C21H23ClN4O2S. The fourth-order valence-electron chi connectivity index (χ4n) is 2.79. The largest absolute Gasteiger partial charge is 0.506 e. The molecule has 0 bridgehead atoms. The van der Waals surface area contributed by atoms with Crippen LogP contribution in [0.5, 0.6) is 5.75 Å². The second-order valence-corrected chi connectivity index (χ2v) is 8.44. The molecule has 152 valence electrons. The van der Waals surface area contributed by atoms with Gasteiger partial charge in [-0.3, -0.25) is 4.79 Å². The van der Waals surface area contributed by atoms with Crippen molar-refractivity contribution in [2.45, 2.75) is 32.0 Å². The third kappa shape index (κ3) is 5.98. The van der Waals surface area contributed by atoms with Crippen LogP contribution in [0.1, 0.15) is 25.2 Å². The average Bonchev–Trinajstić information content (AvgIpc) is 3.04. The molecular weight excluding hydrogens is 408 g/mol. The van der Waals surface area contributed by atoms with E-state index in [9.17, 15) is 9.90 Å². The Morgan fingerprint density at radius 2 is 1.90 bits per heavy atom. The number of anilines is 1. The van der Waals surface area contributed by atoms with E-state index in [1.54, 1.807) is 18.2 Å². The molecule has 0 spiro atoms. The number of para-hydroxylation sites is 2. The highest BCUT2D eigenvalue weighted by molar-refractivity contribution is 7.99. The molecule has 0 unspecified atom stereocenters. The minimum absolute atomic E-state index is 0.0408. The molecule has 3 aromatic rings. The van der Waals surface area contributed by atoms with E-state index in [4.69, 9.17) is 11.6 Å². The van der Waals surface area contributed by atoms with Crippen LogP contribution in [0.15, 0.2) is 53.7 Å². The van der Waals surface area contributed by atoms with Gasteiger partial charge in [-0.05, 0) is 35.7 Å². The third-order valence-corrected chi connectivity index (χ3v) is 5.35. The molecule has 1 aromatic heterocycles. The van der Waals surface area contributed by atoms with Crippen molar-refractivity contribution in [1.82, 2.24) is 14.8 Å². The van der Waals surface area contributed by atoms with E-state index in [1.807, 2.05) is 24.3 Å². The maximum atomic E-state index is 12.3. The van der Waals surface area contributed by atoms with Crippen LogP contribution < -0.4 is 5.32 Å². The Morgan fingerprint density at radius 3 is 2.59 bits per heavy atom. The molecule has 6 nitrogen and oxygen atoms in total. The van der Waals surface area contributed by atoms with Crippen LogP contribution in [0.3, 0.4) is 0 Å². The van der Waals surface area contributed by atoms with Gasteiger partial charge >= 0.3 is 0 Å². The first kappa shape index (κ1) is 21.2. The normalized spacial score (nSPS) is 11.0. The van der Waals surface area contributed by atoms with E-state index in [2.05, 4.69) is 33.9 Å². The average molecular weight is 431 g/mol. The SMILES string of the molecule is CC(C)Cn1c(Cc2ccc(Cl)cc2)nnc1SCC(=O)Nc1ccccc1O. The minimum Gasteiger partial charge on any atom is -0.506 e. The van der Waals surface area contributed by atoms with Gasteiger partial charge in [-0.25, -0.2) is 0 Å². The molecule has 0 aliphatic rings. The van der Waals surface area contributed by atoms with Crippen LogP contribution in [-0.4, -0.2) is 31.5 Å². The predicted molar refractivity (Wildman–Crippen MR) is 117 cm³/mol. The number of nitrogens with one attached hydrogen (secondary N) is 1. The number of hydrogen-bond donors (Lipinski definition) is 2. The second-order valence-electron chi connectivity index (χ2n) is 7.06. The van der Waals surface area contributed by atoms with Crippen LogP contribution in [0.25, 0.3) is 0 Å². The number of rotatable bonds is 8. The number of benzene rings is 2. The summed E-state index contributed by atoms with van der Waals surface area (Å²) in [6.07, 6.45) is 0.640.